The highest BCUT2D eigenvalue weighted by atomic mass is 16.6. The van der Waals surface area contributed by atoms with Gasteiger partial charge in [0.25, 0.3) is 0 Å². The minimum atomic E-state index is -0.557. The predicted molar refractivity (Wildman–Crippen MR) is 69.2 cm³/mol. The van der Waals surface area contributed by atoms with Gasteiger partial charge in [-0.25, -0.2) is 4.79 Å². The van der Waals surface area contributed by atoms with Crippen molar-refractivity contribution in [3.05, 3.63) is 12.7 Å². The molecular formula is C13H23NO4. The molecule has 0 saturated carbocycles. The molecule has 104 valence electrons. The molecule has 0 unspecified atom stereocenters. The zero-order valence-corrected chi connectivity index (χ0v) is 11.6. The van der Waals surface area contributed by atoms with Crippen LogP contribution in [0.2, 0.25) is 0 Å². The van der Waals surface area contributed by atoms with Crippen molar-refractivity contribution in [2.75, 3.05) is 7.11 Å². The van der Waals surface area contributed by atoms with E-state index < -0.39 is 11.7 Å². The number of allylic oxidation sites excluding steroid dienone is 1. The average Bonchev–Trinajstić information content (AvgIpc) is 2.22. The van der Waals surface area contributed by atoms with E-state index in [1.54, 1.807) is 26.8 Å². The van der Waals surface area contributed by atoms with Crippen LogP contribution in [0.1, 0.15) is 40.0 Å². The molecule has 18 heavy (non-hydrogen) atoms. The molecule has 0 aliphatic heterocycles. The van der Waals surface area contributed by atoms with E-state index in [-0.39, 0.29) is 18.4 Å². The van der Waals surface area contributed by atoms with Gasteiger partial charge in [-0.3, -0.25) is 4.79 Å². The molecule has 5 nitrogen and oxygen atoms in total. The van der Waals surface area contributed by atoms with E-state index >= 15 is 0 Å². The zero-order chi connectivity index (χ0) is 14.2. The number of amides is 1. The molecule has 0 rings (SSSR count). The van der Waals surface area contributed by atoms with Crippen LogP contribution in [0, 0.1) is 0 Å². The maximum absolute atomic E-state index is 11.6. The van der Waals surface area contributed by atoms with Crippen LogP contribution in [0.5, 0.6) is 0 Å². The Morgan fingerprint density at radius 3 is 2.44 bits per heavy atom. The standard InChI is InChI=1S/C13H23NO4/c1-6-7-8-10(9-11(15)17-5)14-12(16)18-13(2,3)4/h6,10H,1,7-9H2,2-5H3,(H,14,16)/t10-/m1/s1. The van der Waals surface area contributed by atoms with Gasteiger partial charge in [-0.1, -0.05) is 6.08 Å². The third kappa shape index (κ3) is 8.61. The molecule has 1 N–H and O–H groups in total. The van der Waals surface area contributed by atoms with E-state index in [2.05, 4.69) is 16.6 Å². The topological polar surface area (TPSA) is 64.6 Å². The van der Waals surface area contributed by atoms with Gasteiger partial charge in [0.1, 0.15) is 5.60 Å². The molecule has 0 bridgehead atoms. The van der Waals surface area contributed by atoms with Crippen molar-refractivity contribution >= 4 is 12.1 Å². The number of hydrogen-bond donors (Lipinski definition) is 1. The maximum Gasteiger partial charge on any atom is 0.407 e. The van der Waals surface area contributed by atoms with E-state index in [0.717, 1.165) is 0 Å². The van der Waals surface area contributed by atoms with Crippen LogP contribution in [0.3, 0.4) is 0 Å². The van der Waals surface area contributed by atoms with Crippen LogP contribution in [-0.4, -0.2) is 30.8 Å². The summed E-state index contributed by atoms with van der Waals surface area (Å²) in [6, 6.07) is -0.301. The monoisotopic (exact) mass is 257 g/mol. The molecule has 0 fully saturated rings. The SMILES string of the molecule is C=CCC[C@H](CC(=O)OC)NC(=O)OC(C)(C)C. The van der Waals surface area contributed by atoms with Gasteiger partial charge in [0.05, 0.1) is 13.5 Å². The Morgan fingerprint density at radius 2 is 2.00 bits per heavy atom. The highest BCUT2D eigenvalue weighted by Crippen LogP contribution is 2.09. The highest BCUT2D eigenvalue weighted by molar-refractivity contribution is 5.72. The minimum absolute atomic E-state index is 0.129. The lowest BCUT2D eigenvalue weighted by Crippen LogP contribution is -2.40. The van der Waals surface area contributed by atoms with E-state index in [0.29, 0.717) is 12.8 Å². The fourth-order valence-electron chi connectivity index (χ4n) is 1.30. The van der Waals surface area contributed by atoms with Gasteiger partial charge in [-0.15, -0.1) is 6.58 Å². The first-order valence-corrected chi connectivity index (χ1v) is 5.95. The number of carbonyl (C=O) groups is 2. The molecule has 0 saturated heterocycles. The Labute approximate surface area is 109 Å². The van der Waals surface area contributed by atoms with Crippen LogP contribution >= 0.6 is 0 Å². The average molecular weight is 257 g/mol. The summed E-state index contributed by atoms with van der Waals surface area (Å²) in [6.45, 7) is 8.96. The van der Waals surface area contributed by atoms with Crippen molar-refractivity contribution in [1.82, 2.24) is 5.32 Å². The molecule has 0 heterocycles. The predicted octanol–water partition coefficient (Wildman–Crippen LogP) is 2.41. The molecule has 0 aromatic heterocycles. The third-order valence-electron chi connectivity index (χ3n) is 2.08. The Hall–Kier alpha value is -1.52. The third-order valence-corrected chi connectivity index (χ3v) is 2.08. The van der Waals surface area contributed by atoms with Crippen molar-refractivity contribution in [1.29, 1.82) is 0 Å². The molecule has 0 radical (unpaired) electrons. The second-order valence-corrected chi connectivity index (χ2v) is 4.99. The van der Waals surface area contributed by atoms with Gasteiger partial charge in [0, 0.05) is 6.04 Å². The molecule has 1 atom stereocenters. The minimum Gasteiger partial charge on any atom is -0.469 e. The van der Waals surface area contributed by atoms with Gasteiger partial charge < -0.3 is 14.8 Å². The van der Waals surface area contributed by atoms with E-state index in [4.69, 9.17) is 4.74 Å². The van der Waals surface area contributed by atoms with E-state index in [1.807, 2.05) is 0 Å². The van der Waals surface area contributed by atoms with Crippen LogP contribution in [0.4, 0.5) is 4.79 Å². The smallest absolute Gasteiger partial charge is 0.407 e. The van der Waals surface area contributed by atoms with Gasteiger partial charge in [0.2, 0.25) is 0 Å². The summed E-state index contributed by atoms with van der Waals surface area (Å²) >= 11 is 0. The summed E-state index contributed by atoms with van der Waals surface area (Å²) in [5.41, 5.74) is -0.557. The summed E-state index contributed by atoms with van der Waals surface area (Å²) in [5.74, 6) is -0.361. The molecule has 1 amide bonds. The molecular weight excluding hydrogens is 234 g/mol. The second-order valence-electron chi connectivity index (χ2n) is 4.99. The van der Waals surface area contributed by atoms with Crippen LogP contribution in [0.15, 0.2) is 12.7 Å². The first kappa shape index (κ1) is 16.5. The summed E-state index contributed by atoms with van der Waals surface area (Å²) < 4.78 is 9.72. The quantitative estimate of drug-likeness (QED) is 0.586. The number of alkyl carbamates (subject to hydrolysis) is 1. The van der Waals surface area contributed by atoms with Gasteiger partial charge in [-0.05, 0) is 33.6 Å². The highest BCUT2D eigenvalue weighted by Gasteiger charge is 2.21. The van der Waals surface area contributed by atoms with Crippen LogP contribution in [-0.2, 0) is 14.3 Å². The fraction of sp³-hybridized carbons (Fsp3) is 0.692. The van der Waals surface area contributed by atoms with Crippen molar-refractivity contribution in [2.24, 2.45) is 0 Å². The zero-order valence-electron chi connectivity index (χ0n) is 11.6. The number of hydrogen-bond acceptors (Lipinski definition) is 4. The lowest BCUT2D eigenvalue weighted by Gasteiger charge is -2.23. The number of nitrogens with one attached hydrogen (secondary N) is 1. The molecule has 0 aromatic carbocycles. The van der Waals surface area contributed by atoms with Gasteiger partial charge in [-0.2, -0.15) is 0 Å². The molecule has 0 aliphatic rings. The van der Waals surface area contributed by atoms with Crippen molar-refractivity contribution in [2.45, 2.75) is 51.7 Å². The molecule has 0 aliphatic carbocycles. The normalized spacial score (nSPS) is 12.4. The van der Waals surface area contributed by atoms with Crippen molar-refractivity contribution < 1.29 is 19.1 Å². The summed E-state index contributed by atoms with van der Waals surface area (Å²) in [6.07, 6.45) is 2.67. The van der Waals surface area contributed by atoms with Crippen molar-refractivity contribution in [3.8, 4) is 0 Å². The van der Waals surface area contributed by atoms with E-state index in [9.17, 15) is 9.59 Å². The van der Waals surface area contributed by atoms with Crippen molar-refractivity contribution in [3.63, 3.8) is 0 Å². The fourth-order valence-corrected chi connectivity index (χ4v) is 1.30. The Bertz CT molecular complexity index is 294. The maximum atomic E-state index is 11.6. The number of carbonyl (C=O) groups excluding carboxylic acids is 2. The Balaban J connectivity index is 4.34. The summed E-state index contributed by atoms with van der Waals surface area (Å²) in [4.78, 5) is 22.8. The summed E-state index contributed by atoms with van der Waals surface area (Å²) in [7, 11) is 1.32. The first-order chi connectivity index (χ1) is 8.28. The number of rotatable bonds is 6. The second kappa shape index (κ2) is 7.74. The summed E-state index contributed by atoms with van der Waals surface area (Å²) in [5, 5.41) is 2.66. The largest absolute Gasteiger partial charge is 0.469 e. The lowest BCUT2D eigenvalue weighted by molar-refractivity contribution is -0.141. The van der Waals surface area contributed by atoms with Gasteiger partial charge >= 0.3 is 12.1 Å². The lowest BCUT2D eigenvalue weighted by atomic mass is 10.1. The Kier molecular flexibility index (Phi) is 7.08. The van der Waals surface area contributed by atoms with E-state index in [1.165, 1.54) is 7.11 Å². The van der Waals surface area contributed by atoms with Crippen LogP contribution in [0.25, 0.3) is 0 Å². The Morgan fingerprint density at radius 1 is 1.39 bits per heavy atom. The van der Waals surface area contributed by atoms with Gasteiger partial charge in [0.15, 0.2) is 0 Å². The number of ether oxygens (including phenoxy) is 2. The number of esters is 1. The molecule has 0 spiro atoms. The number of methoxy groups -OCH3 is 1. The first-order valence-electron chi connectivity index (χ1n) is 5.95. The molecule has 0 aromatic rings. The molecule has 5 heteroatoms. The van der Waals surface area contributed by atoms with Crippen LogP contribution < -0.4 is 5.32 Å².